The van der Waals surface area contributed by atoms with Gasteiger partial charge >= 0.3 is 0 Å². The van der Waals surface area contributed by atoms with E-state index >= 15 is 0 Å². The summed E-state index contributed by atoms with van der Waals surface area (Å²) < 4.78 is 15.0. The van der Waals surface area contributed by atoms with Gasteiger partial charge in [0.2, 0.25) is 11.8 Å². The predicted octanol–water partition coefficient (Wildman–Crippen LogP) is 4.28. The highest BCUT2D eigenvalue weighted by molar-refractivity contribution is 5.92. The van der Waals surface area contributed by atoms with E-state index < -0.39 is 0 Å². The highest BCUT2D eigenvalue weighted by atomic mass is 19.1. The van der Waals surface area contributed by atoms with E-state index in [0.717, 1.165) is 61.4 Å². The van der Waals surface area contributed by atoms with Gasteiger partial charge in [-0.3, -0.25) is 9.59 Å². The van der Waals surface area contributed by atoms with Crippen LogP contribution in [0, 0.1) is 25.6 Å². The number of piperidine rings is 1. The van der Waals surface area contributed by atoms with Crippen LogP contribution in [0.25, 0.3) is 11.8 Å². The van der Waals surface area contributed by atoms with Crippen molar-refractivity contribution < 1.29 is 14.0 Å². The fourth-order valence-electron chi connectivity index (χ4n) is 4.89. The summed E-state index contributed by atoms with van der Waals surface area (Å²) in [4.78, 5) is 29.6. The minimum atomic E-state index is -0.289. The average molecular weight is 453 g/mol. The lowest BCUT2D eigenvalue weighted by molar-refractivity contribution is -0.139. The number of hydrogen-bond acceptors (Lipinski definition) is 3. The number of aryl methyl sites for hydroxylation is 1. The van der Waals surface area contributed by atoms with Crippen molar-refractivity contribution in [2.45, 2.75) is 52.4 Å². The van der Waals surface area contributed by atoms with Crippen LogP contribution in [0.3, 0.4) is 0 Å². The van der Waals surface area contributed by atoms with Gasteiger partial charge in [-0.1, -0.05) is 12.8 Å². The van der Waals surface area contributed by atoms with Crippen LogP contribution >= 0.6 is 0 Å². The molecular formula is C26H33FN4O2. The summed E-state index contributed by atoms with van der Waals surface area (Å²) in [5.74, 6) is -0.0135. The molecule has 2 saturated heterocycles. The molecule has 1 aromatic heterocycles. The Morgan fingerprint density at radius 2 is 1.58 bits per heavy atom. The van der Waals surface area contributed by atoms with Gasteiger partial charge in [-0.25, -0.2) is 9.07 Å². The first-order chi connectivity index (χ1) is 15.9. The van der Waals surface area contributed by atoms with Gasteiger partial charge in [0, 0.05) is 49.4 Å². The zero-order chi connectivity index (χ0) is 23.4. The van der Waals surface area contributed by atoms with E-state index in [1.807, 2.05) is 29.7 Å². The standard InChI is InChI=1S/C26H33FN4O2/c1-19-24(20(2)31(28-19)23-9-7-22(27)8-10-23)11-12-25(32)29-17-13-21(14-18-29)26(33)30-15-5-3-4-6-16-30/h7-12,21H,3-6,13-18H2,1-2H3. The number of rotatable bonds is 4. The van der Waals surface area contributed by atoms with Crippen molar-refractivity contribution in [1.82, 2.24) is 19.6 Å². The maximum Gasteiger partial charge on any atom is 0.246 e. The molecule has 0 radical (unpaired) electrons. The molecule has 7 heteroatoms. The smallest absolute Gasteiger partial charge is 0.246 e. The van der Waals surface area contributed by atoms with Crippen LogP contribution in [-0.2, 0) is 9.59 Å². The number of hydrogen-bond donors (Lipinski definition) is 0. The SMILES string of the molecule is Cc1nn(-c2ccc(F)cc2)c(C)c1C=CC(=O)N1CCC(C(=O)N2CCCCCC2)CC1. The van der Waals surface area contributed by atoms with Crippen molar-refractivity contribution in [2.75, 3.05) is 26.2 Å². The van der Waals surface area contributed by atoms with E-state index in [1.54, 1.807) is 22.9 Å². The topological polar surface area (TPSA) is 58.4 Å². The Balaban J connectivity index is 1.36. The van der Waals surface area contributed by atoms with Gasteiger partial charge in [0.1, 0.15) is 5.82 Å². The van der Waals surface area contributed by atoms with Crippen molar-refractivity contribution in [1.29, 1.82) is 0 Å². The number of nitrogens with zero attached hydrogens (tertiary/aromatic N) is 4. The van der Waals surface area contributed by atoms with Crippen LogP contribution in [0.15, 0.2) is 30.3 Å². The molecular weight excluding hydrogens is 419 g/mol. The maximum atomic E-state index is 13.2. The molecule has 2 aliphatic rings. The van der Waals surface area contributed by atoms with Crippen molar-refractivity contribution in [3.05, 3.63) is 53.1 Å². The summed E-state index contributed by atoms with van der Waals surface area (Å²) in [6, 6.07) is 6.19. The Morgan fingerprint density at radius 1 is 0.939 bits per heavy atom. The van der Waals surface area contributed by atoms with Crippen LogP contribution in [0.4, 0.5) is 4.39 Å². The van der Waals surface area contributed by atoms with Gasteiger partial charge < -0.3 is 9.80 Å². The van der Waals surface area contributed by atoms with E-state index in [1.165, 1.54) is 25.0 Å². The van der Waals surface area contributed by atoms with Gasteiger partial charge in [0.15, 0.2) is 0 Å². The molecule has 0 unspecified atom stereocenters. The Labute approximate surface area is 195 Å². The second kappa shape index (κ2) is 10.3. The highest BCUT2D eigenvalue weighted by Gasteiger charge is 2.30. The molecule has 0 aliphatic carbocycles. The predicted molar refractivity (Wildman–Crippen MR) is 126 cm³/mol. The Hall–Kier alpha value is -2.96. The van der Waals surface area contributed by atoms with Crippen molar-refractivity contribution >= 4 is 17.9 Å². The molecule has 0 saturated carbocycles. The first kappa shape index (κ1) is 23.2. The molecule has 2 aliphatic heterocycles. The minimum absolute atomic E-state index is 0.0366. The largest absolute Gasteiger partial charge is 0.342 e. The third-order valence-electron chi connectivity index (χ3n) is 6.88. The van der Waals surface area contributed by atoms with Crippen LogP contribution in [0.1, 0.15) is 55.5 Å². The molecule has 1 aromatic carbocycles. The van der Waals surface area contributed by atoms with Crippen molar-refractivity contribution in [2.24, 2.45) is 5.92 Å². The average Bonchev–Trinajstić information content (AvgIpc) is 3.00. The summed E-state index contributed by atoms with van der Waals surface area (Å²) in [6.45, 7) is 6.82. The molecule has 0 atom stereocenters. The number of aromatic nitrogens is 2. The first-order valence-corrected chi connectivity index (χ1v) is 12.0. The molecule has 2 amide bonds. The van der Waals surface area contributed by atoms with Crippen LogP contribution in [-0.4, -0.2) is 57.6 Å². The molecule has 6 nitrogen and oxygen atoms in total. The summed E-state index contributed by atoms with van der Waals surface area (Å²) in [5, 5.41) is 4.56. The molecule has 176 valence electrons. The van der Waals surface area contributed by atoms with Crippen LogP contribution in [0.2, 0.25) is 0 Å². The van der Waals surface area contributed by atoms with Crippen LogP contribution < -0.4 is 0 Å². The zero-order valence-corrected chi connectivity index (χ0v) is 19.6. The number of amides is 2. The molecule has 4 rings (SSSR count). The zero-order valence-electron chi connectivity index (χ0n) is 19.6. The summed E-state index contributed by atoms with van der Waals surface area (Å²) >= 11 is 0. The van der Waals surface area contributed by atoms with E-state index in [2.05, 4.69) is 5.10 Å². The number of benzene rings is 1. The highest BCUT2D eigenvalue weighted by Crippen LogP contribution is 2.23. The second-order valence-corrected chi connectivity index (χ2v) is 9.15. The van der Waals surface area contributed by atoms with Gasteiger partial charge in [-0.05, 0) is 69.9 Å². The molecule has 33 heavy (non-hydrogen) atoms. The number of carbonyl (C=O) groups excluding carboxylic acids is 2. The minimum Gasteiger partial charge on any atom is -0.342 e. The maximum absolute atomic E-state index is 13.2. The van der Waals surface area contributed by atoms with Crippen molar-refractivity contribution in [3.63, 3.8) is 0 Å². The normalized spacial score (nSPS) is 18.0. The molecule has 2 fully saturated rings. The number of halogens is 1. The fraction of sp³-hybridized carbons (Fsp3) is 0.500. The molecule has 0 N–H and O–H groups in total. The monoisotopic (exact) mass is 452 g/mol. The third-order valence-corrected chi connectivity index (χ3v) is 6.88. The van der Waals surface area contributed by atoms with E-state index in [-0.39, 0.29) is 23.5 Å². The molecule has 2 aromatic rings. The van der Waals surface area contributed by atoms with E-state index in [4.69, 9.17) is 0 Å². The van der Waals surface area contributed by atoms with Gasteiger partial charge in [-0.2, -0.15) is 5.10 Å². The van der Waals surface area contributed by atoms with E-state index in [0.29, 0.717) is 13.1 Å². The van der Waals surface area contributed by atoms with E-state index in [9.17, 15) is 14.0 Å². The second-order valence-electron chi connectivity index (χ2n) is 9.15. The molecule has 3 heterocycles. The lowest BCUT2D eigenvalue weighted by Gasteiger charge is -2.33. The van der Waals surface area contributed by atoms with Gasteiger partial charge in [-0.15, -0.1) is 0 Å². The molecule has 0 spiro atoms. The fourth-order valence-corrected chi connectivity index (χ4v) is 4.89. The first-order valence-electron chi connectivity index (χ1n) is 12.0. The Bertz CT molecular complexity index is 1010. The summed E-state index contributed by atoms with van der Waals surface area (Å²) in [7, 11) is 0. The number of likely N-dealkylation sites (tertiary alicyclic amines) is 2. The summed E-state index contributed by atoms with van der Waals surface area (Å²) in [5.41, 5.74) is 3.37. The van der Waals surface area contributed by atoms with Crippen LogP contribution in [0.5, 0.6) is 0 Å². The lowest BCUT2D eigenvalue weighted by Crippen LogP contribution is -2.44. The molecule has 0 bridgehead atoms. The Morgan fingerprint density at radius 3 is 2.21 bits per heavy atom. The van der Waals surface area contributed by atoms with Crippen molar-refractivity contribution in [3.8, 4) is 5.69 Å². The van der Waals surface area contributed by atoms with Gasteiger partial charge in [0.25, 0.3) is 0 Å². The quantitative estimate of drug-likeness (QED) is 0.651. The Kier molecular flexibility index (Phi) is 7.26. The van der Waals surface area contributed by atoms with Gasteiger partial charge in [0.05, 0.1) is 11.4 Å². The third kappa shape index (κ3) is 5.34. The summed E-state index contributed by atoms with van der Waals surface area (Å²) in [6.07, 6.45) is 9.51. The number of carbonyl (C=O) groups is 2. The lowest BCUT2D eigenvalue weighted by atomic mass is 9.95.